The quantitative estimate of drug-likeness (QED) is 0.530. The first kappa shape index (κ1) is 26.6. The molecule has 8 heteroatoms. The number of carbonyl (C=O) groups excluding carboxylic acids is 2. The summed E-state index contributed by atoms with van der Waals surface area (Å²) >= 11 is 0. The minimum absolute atomic E-state index is 0.0219. The Balaban J connectivity index is 1.62. The highest BCUT2D eigenvalue weighted by Gasteiger charge is 2.32. The fourth-order valence-electron chi connectivity index (χ4n) is 5.22. The molecule has 2 N–H and O–H groups in total. The van der Waals surface area contributed by atoms with Gasteiger partial charge in [0.25, 0.3) is 0 Å². The van der Waals surface area contributed by atoms with Gasteiger partial charge in [-0.1, -0.05) is 20.8 Å². The Bertz CT molecular complexity index is 1260. The standard InChI is InChI=1S/C29H38N4O4/c1-7-37-27-17(2)21-15-33(28(30)25(21)31-18(27)3)16-23(34)19-12-20(14-32-11-9-8-10-24(32)35)26(36)22(13-19)29(4,5)6/h12-13,30,36H,7-11,14-16H2,1-6H3. The zero-order valence-electron chi connectivity index (χ0n) is 22.8. The van der Waals surface area contributed by atoms with Crippen molar-refractivity contribution >= 4 is 17.5 Å². The predicted molar refractivity (Wildman–Crippen MR) is 143 cm³/mol. The Morgan fingerprint density at radius 3 is 2.57 bits per heavy atom. The van der Waals surface area contributed by atoms with E-state index in [9.17, 15) is 14.7 Å². The number of ether oxygens (including phenoxy) is 1. The van der Waals surface area contributed by atoms with Crippen LogP contribution in [-0.2, 0) is 23.3 Å². The van der Waals surface area contributed by atoms with Crippen molar-refractivity contribution in [3.05, 3.63) is 51.3 Å². The molecule has 0 spiro atoms. The average molecular weight is 507 g/mol. The summed E-state index contributed by atoms with van der Waals surface area (Å²) in [4.78, 5) is 34.1. The number of hydrogen-bond acceptors (Lipinski definition) is 6. The number of ketones is 1. The van der Waals surface area contributed by atoms with E-state index < -0.39 is 5.41 Å². The van der Waals surface area contributed by atoms with Crippen LogP contribution in [0.25, 0.3) is 0 Å². The van der Waals surface area contributed by atoms with Crippen molar-refractivity contribution in [3.8, 4) is 11.5 Å². The van der Waals surface area contributed by atoms with Crippen LogP contribution in [0, 0.1) is 19.3 Å². The summed E-state index contributed by atoms with van der Waals surface area (Å²) in [7, 11) is 0. The number of aromatic hydroxyl groups is 1. The monoisotopic (exact) mass is 506 g/mol. The summed E-state index contributed by atoms with van der Waals surface area (Å²) in [5.41, 5.74) is 4.54. The van der Waals surface area contributed by atoms with Crippen molar-refractivity contribution in [2.45, 2.75) is 79.3 Å². The highest BCUT2D eigenvalue weighted by Crippen LogP contribution is 2.36. The minimum Gasteiger partial charge on any atom is -0.507 e. The molecule has 4 rings (SSSR count). The molecule has 1 saturated heterocycles. The lowest BCUT2D eigenvalue weighted by molar-refractivity contribution is -0.133. The zero-order chi connectivity index (χ0) is 27.1. The number of amidine groups is 1. The van der Waals surface area contributed by atoms with Crippen molar-refractivity contribution in [1.29, 1.82) is 5.41 Å². The van der Waals surface area contributed by atoms with E-state index in [4.69, 9.17) is 10.1 Å². The Morgan fingerprint density at radius 1 is 1.19 bits per heavy atom. The van der Waals surface area contributed by atoms with Gasteiger partial charge in [-0.3, -0.25) is 15.0 Å². The van der Waals surface area contributed by atoms with Gasteiger partial charge in [-0.25, -0.2) is 4.98 Å². The number of nitrogens with one attached hydrogen (secondary N) is 1. The topological polar surface area (TPSA) is 107 Å². The molecule has 0 bridgehead atoms. The second kappa shape index (κ2) is 10.1. The van der Waals surface area contributed by atoms with E-state index in [1.807, 2.05) is 41.5 Å². The minimum atomic E-state index is -0.397. The number of aryl methyl sites for hydroxylation is 1. The van der Waals surface area contributed by atoms with E-state index in [1.54, 1.807) is 21.9 Å². The molecule has 2 aromatic rings. The Labute approximate surface area is 219 Å². The summed E-state index contributed by atoms with van der Waals surface area (Å²) in [5.74, 6) is 1.04. The number of phenolic OH excluding ortho intramolecular Hbond substituents is 1. The number of nitrogens with zero attached hydrogens (tertiary/aromatic N) is 3. The van der Waals surface area contributed by atoms with Crippen molar-refractivity contribution in [1.82, 2.24) is 14.8 Å². The number of hydrogen-bond donors (Lipinski definition) is 2. The lowest BCUT2D eigenvalue weighted by Crippen LogP contribution is -2.35. The van der Waals surface area contributed by atoms with Crippen LogP contribution >= 0.6 is 0 Å². The maximum Gasteiger partial charge on any atom is 0.222 e. The first-order chi connectivity index (χ1) is 17.4. The summed E-state index contributed by atoms with van der Waals surface area (Å²) in [6, 6.07) is 3.47. The largest absolute Gasteiger partial charge is 0.507 e. The molecule has 0 radical (unpaired) electrons. The normalized spacial score (nSPS) is 15.8. The number of likely N-dealkylation sites (tertiary alicyclic amines) is 1. The van der Waals surface area contributed by atoms with Crippen molar-refractivity contribution in [2.24, 2.45) is 0 Å². The molecule has 37 heavy (non-hydrogen) atoms. The van der Waals surface area contributed by atoms with Gasteiger partial charge in [-0.2, -0.15) is 0 Å². The number of Topliss-reactive ketones (excluding diaryl/α,β-unsaturated/α-hetero) is 1. The second-order valence-electron chi connectivity index (χ2n) is 11.1. The van der Waals surface area contributed by atoms with Crippen LogP contribution in [0.1, 0.15) is 91.0 Å². The van der Waals surface area contributed by atoms with Gasteiger partial charge in [0, 0.05) is 53.9 Å². The smallest absolute Gasteiger partial charge is 0.222 e. The van der Waals surface area contributed by atoms with Crippen LogP contribution in [0.2, 0.25) is 0 Å². The third-order valence-corrected chi connectivity index (χ3v) is 7.30. The Kier molecular flexibility index (Phi) is 7.31. The third-order valence-electron chi connectivity index (χ3n) is 7.30. The number of benzene rings is 1. The molecule has 8 nitrogen and oxygen atoms in total. The maximum atomic E-state index is 13.6. The Hall–Kier alpha value is -3.42. The van der Waals surface area contributed by atoms with E-state index in [1.165, 1.54) is 0 Å². The molecule has 0 unspecified atom stereocenters. The van der Waals surface area contributed by atoms with E-state index in [-0.39, 0.29) is 36.4 Å². The van der Waals surface area contributed by atoms with Crippen LogP contribution in [0.5, 0.6) is 11.5 Å². The SMILES string of the molecule is CCOc1c(C)nc2c(c1C)CN(CC(=O)c1cc(CN3CCCCC3=O)c(O)c(C(C)(C)C)c1)C2=N. The summed E-state index contributed by atoms with van der Waals surface area (Å²) in [6.45, 7) is 13.7. The molecule has 2 aliphatic rings. The van der Waals surface area contributed by atoms with Crippen molar-refractivity contribution in [3.63, 3.8) is 0 Å². The van der Waals surface area contributed by atoms with Crippen LogP contribution < -0.4 is 4.74 Å². The number of rotatable bonds is 7. The van der Waals surface area contributed by atoms with Gasteiger partial charge in [0.05, 0.1) is 18.8 Å². The molecule has 2 aliphatic heterocycles. The van der Waals surface area contributed by atoms with E-state index in [0.717, 1.165) is 35.4 Å². The van der Waals surface area contributed by atoms with E-state index >= 15 is 0 Å². The lowest BCUT2D eigenvalue weighted by Gasteiger charge is -2.29. The molecule has 1 aromatic heterocycles. The summed E-state index contributed by atoms with van der Waals surface area (Å²) < 4.78 is 5.78. The lowest BCUT2D eigenvalue weighted by atomic mass is 9.83. The van der Waals surface area contributed by atoms with E-state index in [2.05, 4.69) is 4.98 Å². The average Bonchev–Trinajstić information content (AvgIpc) is 3.13. The number of aromatic nitrogens is 1. The second-order valence-corrected chi connectivity index (χ2v) is 11.1. The molecule has 0 aliphatic carbocycles. The van der Waals surface area contributed by atoms with Crippen LogP contribution in [-0.4, -0.2) is 57.1 Å². The van der Waals surface area contributed by atoms with Crippen LogP contribution in [0.4, 0.5) is 0 Å². The highest BCUT2D eigenvalue weighted by atomic mass is 16.5. The van der Waals surface area contributed by atoms with Gasteiger partial charge in [-0.05, 0) is 51.2 Å². The third kappa shape index (κ3) is 5.20. The molecule has 1 fully saturated rings. The zero-order valence-corrected chi connectivity index (χ0v) is 22.8. The van der Waals surface area contributed by atoms with E-state index in [0.29, 0.717) is 48.5 Å². The van der Waals surface area contributed by atoms with Gasteiger partial charge >= 0.3 is 0 Å². The number of phenols is 1. The van der Waals surface area contributed by atoms with Gasteiger partial charge < -0.3 is 19.6 Å². The molecule has 198 valence electrons. The van der Waals surface area contributed by atoms with Gasteiger partial charge in [0.2, 0.25) is 5.91 Å². The van der Waals surface area contributed by atoms with Crippen LogP contribution in [0.15, 0.2) is 12.1 Å². The number of piperidine rings is 1. The predicted octanol–water partition coefficient (Wildman–Crippen LogP) is 4.64. The number of carbonyl (C=O) groups is 2. The summed E-state index contributed by atoms with van der Waals surface area (Å²) in [5, 5.41) is 19.8. The number of fused-ring (bicyclic) bond motifs is 1. The summed E-state index contributed by atoms with van der Waals surface area (Å²) in [6.07, 6.45) is 2.34. The van der Waals surface area contributed by atoms with Crippen molar-refractivity contribution in [2.75, 3.05) is 19.7 Å². The van der Waals surface area contributed by atoms with Crippen molar-refractivity contribution < 1.29 is 19.4 Å². The molecular weight excluding hydrogens is 468 g/mol. The molecule has 1 aromatic carbocycles. The first-order valence-corrected chi connectivity index (χ1v) is 13.1. The maximum absolute atomic E-state index is 13.6. The Morgan fingerprint density at radius 2 is 1.92 bits per heavy atom. The molecule has 1 amide bonds. The highest BCUT2D eigenvalue weighted by molar-refractivity contribution is 6.05. The first-order valence-electron chi connectivity index (χ1n) is 13.1. The number of amides is 1. The van der Waals surface area contributed by atoms with Gasteiger partial charge in [-0.15, -0.1) is 0 Å². The molecule has 3 heterocycles. The molecular formula is C29H38N4O4. The van der Waals surface area contributed by atoms with Crippen LogP contribution in [0.3, 0.4) is 0 Å². The molecule has 0 atom stereocenters. The molecule has 0 saturated carbocycles. The fraction of sp³-hybridized carbons (Fsp3) is 0.517. The van der Waals surface area contributed by atoms with Gasteiger partial charge in [0.1, 0.15) is 23.0 Å². The fourth-order valence-corrected chi connectivity index (χ4v) is 5.22. The van der Waals surface area contributed by atoms with Gasteiger partial charge in [0.15, 0.2) is 5.78 Å². The number of pyridine rings is 1.